The molecule has 2 aliphatic rings. The van der Waals surface area contributed by atoms with Crippen LogP contribution in [0, 0.1) is 0 Å². The molecule has 0 aliphatic carbocycles. The van der Waals surface area contributed by atoms with Gasteiger partial charge in [0.1, 0.15) is 0 Å². The van der Waals surface area contributed by atoms with Crippen LogP contribution in [0.15, 0.2) is 0 Å². The van der Waals surface area contributed by atoms with E-state index in [1.54, 1.807) is 0 Å². The highest BCUT2D eigenvalue weighted by Gasteiger charge is 2.36. The van der Waals surface area contributed by atoms with Gasteiger partial charge in [-0.25, -0.2) is 0 Å². The Labute approximate surface area is 99.0 Å². The molecule has 3 N–H and O–H groups in total. The monoisotopic (exact) mass is 243 g/mol. The summed E-state index contributed by atoms with van der Waals surface area (Å²) in [7, 11) is 0. The fourth-order valence-electron chi connectivity index (χ4n) is 2.07. The second-order valence-corrected chi connectivity index (χ2v) is 4.39. The quantitative estimate of drug-likeness (QED) is 0.394. The fraction of sp³-hybridized carbons (Fsp3) is 0.800. The number of nitrogens with one attached hydrogen (secondary N) is 1. The molecule has 2 heterocycles. The molecule has 2 fully saturated rings. The summed E-state index contributed by atoms with van der Waals surface area (Å²) in [5.41, 5.74) is 0. The van der Waals surface area contributed by atoms with E-state index in [9.17, 15) is 19.8 Å². The topological polar surface area (TPSA) is 93.1 Å². The Morgan fingerprint density at radius 1 is 0.941 bits per heavy atom. The van der Waals surface area contributed by atoms with Crippen LogP contribution < -0.4 is 5.32 Å². The molecule has 96 valence electrons. The molecular formula is C10H17N3O4. The number of carbonyl (C=O) groups excluding carboxylic acids is 2. The van der Waals surface area contributed by atoms with Crippen LogP contribution in [0.2, 0.25) is 0 Å². The summed E-state index contributed by atoms with van der Waals surface area (Å²) in [5, 5.41) is 21.8. The lowest BCUT2D eigenvalue weighted by Crippen LogP contribution is -2.51. The summed E-state index contributed by atoms with van der Waals surface area (Å²) in [6.07, 6.45) is -1.90. The zero-order valence-corrected chi connectivity index (χ0v) is 9.50. The van der Waals surface area contributed by atoms with Crippen molar-refractivity contribution < 1.29 is 19.8 Å². The zero-order valence-electron chi connectivity index (χ0n) is 9.50. The average Bonchev–Trinajstić information content (AvgIpc) is 2.69. The molecule has 17 heavy (non-hydrogen) atoms. The number of amides is 2. The number of rotatable bonds is 0. The average molecular weight is 243 g/mol. The molecule has 7 nitrogen and oxygen atoms in total. The Morgan fingerprint density at radius 2 is 1.41 bits per heavy atom. The van der Waals surface area contributed by atoms with E-state index in [0.29, 0.717) is 26.2 Å². The second kappa shape index (κ2) is 4.99. The lowest BCUT2D eigenvalue weighted by molar-refractivity contribution is -0.151. The smallest absolute Gasteiger partial charge is 0.312 e. The van der Waals surface area contributed by atoms with E-state index in [2.05, 4.69) is 5.32 Å². The van der Waals surface area contributed by atoms with Gasteiger partial charge in [0.15, 0.2) is 0 Å². The SMILES string of the molecule is O=C(C(=O)N1CC(O)C(O)C1)N1CCNCC1. The Hall–Kier alpha value is -1.18. The van der Waals surface area contributed by atoms with E-state index >= 15 is 0 Å². The van der Waals surface area contributed by atoms with Crippen LogP contribution in [-0.2, 0) is 9.59 Å². The first kappa shape index (κ1) is 12.3. The van der Waals surface area contributed by atoms with Crippen molar-refractivity contribution >= 4 is 11.8 Å². The Balaban J connectivity index is 1.93. The van der Waals surface area contributed by atoms with Gasteiger partial charge in [0, 0.05) is 39.3 Å². The van der Waals surface area contributed by atoms with Crippen molar-refractivity contribution in [1.29, 1.82) is 0 Å². The summed E-state index contributed by atoms with van der Waals surface area (Å²) in [4.78, 5) is 26.4. The lowest BCUT2D eigenvalue weighted by Gasteiger charge is -2.28. The van der Waals surface area contributed by atoms with Gasteiger partial charge in [-0.3, -0.25) is 9.59 Å². The molecule has 2 saturated heterocycles. The van der Waals surface area contributed by atoms with E-state index in [1.807, 2.05) is 0 Å². The second-order valence-electron chi connectivity index (χ2n) is 4.39. The summed E-state index contributed by atoms with van der Waals surface area (Å²) in [6, 6.07) is 0. The van der Waals surface area contributed by atoms with Gasteiger partial charge in [0.2, 0.25) is 0 Å². The molecule has 7 heteroatoms. The number of aliphatic hydroxyl groups is 2. The third kappa shape index (κ3) is 2.56. The highest BCUT2D eigenvalue weighted by atomic mass is 16.3. The Morgan fingerprint density at radius 3 is 1.94 bits per heavy atom. The molecule has 0 aromatic heterocycles. The molecule has 2 aliphatic heterocycles. The molecule has 0 radical (unpaired) electrons. The number of hydrogen-bond acceptors (Lipinski definition) is 5. The molecule has 0 saturated carbocycles. The minimum absolute atomic E-state index is 0.0256. The van der Waals surface area contributed by atoms with E-state index < -0.39 is 24.0 Å². The summed E-state index contributed by atoms with van der Waals surface area (Å²) >= 11 is 0. The minimum atomic E-state index is -0.949. The van der Waals surface area contributed by atoms with Crippen molar-refractivity contribution in [2.45, 2.75) is 12.2 Å². The molecule has 0 spiro atoms. The number of piperazine rings is 1. The predicted octanol–water partition coefficient (Wildman–Crippen LogP) is -3.02. The Bertz CT molecular complexity index is 307. The van der Waals surface area contributed by atoms with Crippen molar-refractivity contribution in [3.05, 3.63) is 0 Å². The standard InChI is InChI=1S/C10H17N3O4/c14-7-5-13(6-8(7)15)10(17)9(16)12-3-1-11-2-4-12/h7-8,11,14-15H,1-6H2. The van der Waals surface area contributed by atoms with Gasteiger partial charge in [0.25, 0.3) is 0 Å². The van der Waals surface area contributed by atoms with Gasteiger partial charge in [0.05, 0.1) is 12.2 Å². The van der Waals surface area contributed by atoms with Gasteiger partial charge in [-0.2, -0.15) is 0 Å². The Kier molecular flexibility index (Phi) is 3.60. The van der Waals surface area contributed by atoms with Crippen LogP contribution >= 0.6 is 0 Å². The van der Waals surface area contributed by atoms with Gasteiger partial charge < -0.3 is 25.3 Å². The highest BCUT2D eigenvalue weighted by molar-refractivity contribution is 6.35. The van der Waals surface area contributed by atoms with Crippen LogP contribution in [0.25, 0.3) is 0 Å². The zero-order chi connectivity index (χ0) is 12.4. The number of hydrogen-bond donors (Lipinski definition) is 3. The number of carbonyl (C=O) groups is 2. The molecule has 2 rings (SSSR count). The van der Waals surface area contributed by atoms with Crippen molar-refractivity contribution in [2.24, 2.45) is 0 Å². The van der Waals surface area contributed by atoms with Crippen LogP contribution in [0.4, 0.5) is 0 Å². The summed E-state index contributed by atoms with van der Waals surface area (Å²) in [5.74, 6) is -1.18. The molecular weight excluding hydrogens is 226 g/mol. The number of aliphatic hydroxyl groups excluding tert-OH is 2. The number of nitrogens with zero attached hydrogens (tertiary/aromatic N) is 2. The van der Waals surface area contributed by atoms with E-state index in [0.717, 1.165) is 0 Å². The van der Waals surface area contributed by atoms with Crippen molar-refractivity contribution in [3.63, 3.8) is 0 Å². The third-order valence-electron chi connectivity index (χ3n) is 3.13. The van der Waals surface area contributed by atoms with Gasteiger partial charge >= 0.3 is 11.8 Å². The molecule has 0 aromatic carbocycles. The lowest BCUT2D eigenvalue weighted by atomic mass is 10.3. The maximum absolute atomic E-state index is 11.8. The molecule has 0 bridgehead atoms. The predicted molar refractivity (Wildman–Crippen MR) is 58.0 cm³/mol. The van der Waals surface area contributed by atoms with E-state index in [-0.39, 0.29) is 13.1 Å². The van der Waals surface area contributed by atoms with Crippen molar-refractivity contribution in [2.75, 3.05) is 39.3 Å². The first-order valence-electron chi connectivity index (χ1n) is 5.74. The number of likely N-dealkylation sites (tertiary alicyclic amines) is 1. The highest BCUT2D eigenvalue weighted by Crippen LogP contribution is 2.11. The number of β-amino-alcohol motifs (C(OH)–C–C–N with tert-alkyl or cyclic N) is 2. The maximum Gasteiger partial charge on any atom is 0.312 e. The van der Waals surface area contributed by atoms with Crippen LogP contribution in [0.5, 0.6) is 0 Å². The third-order valence-corrected chi connectivity index (χ3v) is 3.13. The molecule has 0 aromatic rings. The van der Waals surface area contributed by atoms with Crippen molar-refractivity contribution in [1.82, 2.24) is 15.1 Å². The van der Waals surface area contributed by atoms with E-state index in [1.165, 1.54) is 9.80 Å². The maximum atomic E-state index is 11.8. The van der Waals surface area contributed by atoms with Crippen LogP contribution in [0.3, 0.4) is 0 Å². The first-order chi connectivity index (χ1) is 8.09. The van der Waals surface area contributed by atoms with Crippen LogP contribution in [-0.4, -0.2) is 83.3 Å². The largest absolute Gasteiger partial charge is 0.388 e. The van der Waals surface area contributed by atoms with E-state index in [4.69, 9.17) is 0 Å². The molecule has 2 amide bonds. The molecule has 2 unspecified atom stereocenters. The summed E-state index contributed by atoms with van der Waals surface area (Å²) < 4.78 is 0. The normalized spacial score (nSPS) is 29.5. The fourth-order valence-corrected chi connectivity index (χ4v) is 2.07. The first-order valence-corrected chi connectivity index (χ1v) is 5.74. The van der Waals surface area contributed by atoms with Crippen LogP contribution in [0.1, 0.15) is 0 Å². The van der Waals surface area contributed by atoms with Crippen molar-refractivity contribution in [3.8, 4) is 0 Å². The summed E-state index contributed by atoms with van der Waals surface area (Å²) in [6.45, 7) is 2.46. The molecule has 2 atom stereocenters. The van der Waals surface area contributed by atoms with Gasteiger partial charge in [-0.15, -0.1) is 0 Å². The minimum Gasteiger partial charge on any atom is -0.388 e. The van der Waals surface area contributed by atoms with Gasteiger partial charge in [-0.05, 0) is 0 Å². The van der Waals surface area contributed by atoms with Gasteiger partial charge in [-0.1, -0.05) is 0 Å².